The van der Waals surface area contributed by atoms with E-state index in [0.29, 0.717) is 26.1 Å². The van der Waals surface area contributed by atoms with Gasteiger partial charge in [-0.25, -0.2) is 0 Å². The van der Waals surface area contributed by atoms with Crippen molar-refractivity contribution < 1.29 is 4.79 Å². The first-order valence-electron chi connectivity index (χ1n) is 6.79. The molecule has 0 radical (unpaired) electrons. The van der Waals surface area contributed by atoms with Crippen LogP contribution in [-0.2, 0) is 11.3 Å². The number of carbonyl (C=O) groups is 1. The van der Waals surface area contributed by atoms with Crippen LogP contribution in [-0.4, -0.2) is 28.5 Å². The Bertz CT molecular complexity index is 602. The Morgan fingerprint density at radius 3 is 2.55 bits per heavy atom. The fraction of sp³-hybridized carbons (Fsp3) is 0.235. The molecule has 2 aromatic rings. The summed E-state index contributed by atoms with van der Waals surface area (Å²) in [6.07, 6.45) is 6.00. The molecule has 0 bridgehead atoms. The zero-order valence-corrected chi connectivity index (χ0v) is 11.7. The Balaban J connectivity index is 2.02. The molecule has 1 heterocycles. The molecule has 3 nitrogen and oxygen atoms in total. The minimum Gasteiger partial charge on any atom is -0.347 e. The maximum atomic E-state index is 12.2. The van der Waals surface area contributed by atoms with E-state index in [9.17, 15) is 4.79 Å². The van der Waals surface area contributed by atoms with Crippen LogP contribution in [0.3, 0.4) is 0 Å². The first-order chi connectivity index (χ1) is 9.76. The van der Waals surface area contributed by atoms with Gasteiger partial charge in [0, 0.05) is 37.8 Å². The highest BCUT2D eigenvalue weighted by Gasteiger charge is 2.11. The Morgan fingerprint density at radius 1 is 1.15 bits per heavy atom. The molecule has 104 valence electrons. The second-order valence-electron chi connectivity index (χ2n) is 4.69. The minimum absolute atomic E-state index is 0.127. The van der Waals surface area contributed by atoms with Gasteiger partial charge < -0.3 is 9.47 Å². The number of rotatable bonds is 7. The van der Waals surface area contributed by atoms with Gasteiger partial charge in [-0.2, -0.15) is 0 Å². The van der Waals surface area contributed by atoms with Crippen molar-refractivity contribution >= 4 is 16.8 Å². The van der Waals surface area contributed by atoms with Gasteiger partial charge in [0.1, 0.15) is 0 Å². The Morgan fingerprint density at radius 2 is 1.85 bits per heavy atom. The van der Waals surface area contributed by atoms with E-state index in [1.807, 2.05) is 18.3 Å². The molecule has 20 heavy (non-hydrogen) atoms. The summed E-state index contributed by atoms with van der Waals surface area (Å²) in [6.45, 7) is 9.19. The third kappa shape index (κ3) is 3.18. The standard InChI is InChI=1S/C17H20N2O/c1-3-11-19(12-4-2)17(20)10-14-18-13-9-15-7-5-6-8-16(15)18/h3-9,13H,1-2,10-12,14H2. The van der Waals surface area contributed by atoms with Crippen molar-refractivity contribution in [2.45, 2.75) is 13.0 Å². The molecular weight excluding hydrogens is 248 g/mol. The van der Waals surface area contributed by atoms with Crippen molar-refractivity contribution in [3.8, 4) is 0 Å². The van der Waals surface area contributed by atoms with Gasteiger partial charge in [-0.05, 0) is 17.5 Å². The zero-order valence-electron chi connectivity index (χ0n) is 11.7. The van der Waals surface area contributed by atoms with E-state index < -0.39 is 0 Å². The van der Waals surface area contributed by atoms with E-state index in [4.69, 9.17) is 0 Å². The number of benzene rings is 1. The van der Waals surface area contributed by atoms with E-state index in [0.717, 1.165) is 0 Å². The highest BCUT2D eigenvalue weighted by molar-refractivity contribution is 5.80. The van der Waals surface area contributed by atoms with Gasteiger partial charge >= 0.3 is 0 Å². The van der Waals surface area contributed by atoms with Crippen molar-refractivity contribution in [2.75, 3.05) is 13.1 Å². The monoisotopic (exact) mass is 268 g/mol. The molecule has 0 spiro atoms. The molecule has 0 aliphatic rings. The van der Waals surface area contributed by atoms with Crippen LogP contribution in [0, 0.1) is 0 Å². The van der Waals surface area contributed by atoms with Gasteiger partial charge in [0.2, 0.25) is 5.91 Å². The van der Waals surface area contributed by atoms with Crippen molar-refractivity contribution in [1.82, 2.24) is 9.47 Å². The maximum absolute atomic E-state index is 12.2. The summed E-state index contributed by atoms with van der Waals surface area (Å²) in [5.74, 6) is 0.127. The number of aryl methyl sites for hydroxylation is 1. The highest BCUT2D eigenvalue weighted by Crippen LogP contribution is 2.15. The second-order valence-corrected chi connectivity index (χ2v) is 4.69. The number of hydrogen-bond donors (Lipinski definition) is 0. The fourth-order valence-electron chi connectivity index (χ4n) is 2.30. The van der Waals surface area contributed by atoms with E-state index in [-0.39, 0.29) is 5.91 Å². The molecule has 0 aliphatic heterocycles. The van der Waals surface area contributed by atoms with Crippen molar-refractivity contribution in [3.63, 3.8) is 0 Å². The molecule has 1 aromatic carbocycles. The van der Waals surface area contributed by atoms with Crippen LogP contribution in [0.2, 0.25) is 0 Å². The van der Waals surface area contributed by atoms with Crippen LogP contribution in [0.5, 0.6) is 0 Å². The maximum Gasteiger partial charge on any atom is 0.224 e. The van der Waals surface area contributed by atoms with E-state index in [1.54, 1.807) is 17.1 Å². The highest BCUT2D eigenvalue weighted by atomic mass is 16.2. The van der Waals surface area contributed by atoms with Crippen molar-refractivity contribution in [2.24, 2.45) is 0 Å². The van der Waals surface area contributed by atoms with Gasteiger partial charge in [-0.1, -0.05) is 30.4 Å². The SMILES string of the molecule is C=CCN(CC=C)C(=O)CCn1ccc2ccccc21. The summed E-state index contributed by atoms with van der Waals surface area (Å²) in [5, 5.41) is 1.20. The van der Waals surface area contributed by atoms with Crippen LogP contribution in [0.1, 0.15) is 6.42 Å². The molecule has 1 amide bonds. The lowest BCUT2D eigenvalue weighted by Crippen LogP contribution is -2.31. The van der Waals surface area contributed by atoms with Gasteiger partial charge in [0.25, 0.3) is 0 Å². The van der Waals surface area contributed by atoms with E-state index in [2.05, 4.69) is 35.9 Å². The number of aromatic nitrogens is 1. The summed E-state index contributed by atoms with van der Waals surface area (Å²) in [5.41, 5.74) is 1.17. The number of carbonyl (C=O) groups excluding carboxylic acids is 1. The lowest BCUT2D eigenvalue weighted by atomic mass is 10.2. The molecule has 1 aromatic heterocycles. The zero-order chi connectivity index (χ0) is 14.4. The number of nitrogens with zero attached hydrogens (tertiary/aromatic N) is 2. The average molecular weight is 268 g/mol. The third-order valence-corrected chi connectivity index (χ3v) is 3.30. The summed E-state index contributed by atoms with van der Waals surface area (Å²) >= 11 is 0. The van der Waals surface area contributed by atoms with Gasteiger partial charge in [-0.3, -0.25) is 4.79 Å². The Kier molecular flexibility index (Phi) is 4.77. The fourth-order valence-corrected chi connectivity index (χ4v) is 2.30. The quantitative estimate of drug-likeness (QED) is 0.708. The average Bonchev–Trinajstić information content (AvgIpc) is 2.88. The summed E-state index contributed by atoms with van der Waals surface area (Å²) in [6, 6.07) is 10.3. The molecule has 0 aliphatic carbocycles. The lowest BCUT2D eigenvalue weighted by molar-refractivity contribution is -0.130. The largest absolute Gasteiger partial charge is 0.347 e. The normalized spacial score (nSPS) is 10.4. The number of para-hydroxylation sites is 1. The summed E-state index contributed by atoms with van der Waals surface area (Å²) < 4.78 is 2.12. The van der Waals surface area contributed by atoms with Gasteiger partial charge in [0.05, 0.1) is 0 Å². The van der Waals surface area contributed by atoms with Crippen molar-refractivity contribution in [1.29, 1.82) is 0 Å². The first kappa shape index (κ1) is 14.1. The molecular formula is C17H20N2O. The smallest absolute Gasteiger partial charge is 0.224 e. The van der Waals surface area contributed by atoms with Crippen LogP contribution < -0.4 is 0 Å². The summed E-state index contributed by atoms with van der Waals surface area (Å²) in [7, 11) is 0. The molecule has 0 saturated carbocycles. The van der Waals surface area contributed by atoms with Gasteiger partial charge in [0.15, 0.2) is 0 Å². The van der Waals surface area contributed by atoms with Crippen LogP contribution >= 0.6 is 0 Å². The Labute approximate surface area is 119 Å². The topological polar surface area (TPSA) is 25.2 Å². The Hall–Kier alpha value is -2.29. The third-order valence-electron chi connectivity index (χ3n) is 3.30. The summed E-state index contributed by atoms with van der Waals surface area (Å²) in [4.78, 5) is 13.9. The first-order valence-corrected chi connectivity index (χ1v) is 6.79. The minimum atomic E-state index is 0.127. The van der Waals surface area contributed by atoms with Crippen molar-refractivity contribution in [3.05, 3.63) is 61.8 Å². The predicted molar refractivity (Wildman–Crippen MR) is 83.5 cm³/mol. The van der Waals surface area contributed by atoms with E-state index >= 15 is 0 Å². The molecule has 2 rings (SSSR count). The second kappa shape index (κ2) is 6.75. The van der Waals surface area contributed by atoms with E-state index in [1.165, 1.54) is 10.9 Å². The molecule has 0 fully saturated rings. The number of hydrogen-bond acceptors (Lipinski definition) is 1. The molecule has 0 atom stereocenters. The molecule has 0 saturated heterocycles. The predicted octanol–water partition coefficient (Wildman–Crippen LogP) is 3.23. The lowest BCUT2D eigenvalue weighted by Gasteiger charge is -2.19. The molecule has 0 unspecified atom stereocenters. The van der Waals surface area contributed by atoms with Gasteiger partial charge in [-0.15, -0.1) is 13.2 Å². The molecule has 0 N–H and O–H groups in total. The van der Waals surface area contributed by atoms with Crippen LogP contribution in [0.25, 0.3) is 10.9 Å². The number of fused-ring (bicyclic) bond motifs is 1. The van der Waals surface area contributed by atoms with Crippen LogP contribution in [0.15, 0.2) is 61.8 Å². The number of amides is 1. The molecule has 3 heteroatoms. The van der Waals surface area contributed by atoms with Crippen LogP contribution in [0.4, 0.5) is 0 Å².